The number of pyridine rings is 1. The summed E-state index contributed by atoms with van der Waals surface area (Å²) in [5.74, 6) is 0.343. The van der Waals surface area contributed by atoms with Crippen molar-refractivity contribution in [1.82, 2.24) is 19.3 Å². The van der Waals surface area contributed by atoms with E-state index in [9.17, 15) is 8.42 Å². The lowest BCUT2D eigenvalue weighted by atomic mass is 10.1. The Morgan fingerprint density at radius 3 is 2.50 bits per heavy atom. The zero-order valence-electron chi connectivity index (χ0n) is 20.7. The molecule has 192 valence electrons. The lowest BCUT2D eigenvalue weighted by Gasteiger charge is -2.36. The highest BCUT2D eigenvalue weighted by molar-refractivity contribution is 7.88. The number of benzene rings is 1. The Kier molecular flexibility index (Phi) is 7.07. The summed E-state index contributed by atoms with van der Waals surface area (Å²) in [4.78, 5) is 15.9. The van der Waals surface area contributed by atoms with Gasteiger partial charge in [0.15, 0.2) is 5.52 Å². The lowest BCUT2D eigenvalue weighted by molar-refractivity contribution is -0.0252. The van der Waals surface area contributed by atoms with Crippen LogP contribution >= 0.6 is 0 Å². The van der Waals surface area contributed by atoms with Crippen molar-refractivity contribution < 1.29 is 22.6 Å². The smallest absolute Gasteiger partial charge is 0.242 e. The molecule has 4 heterocycles. The molecule has 0 amide bonds. The van der Waals surface area contributed by atoms with Gasteiger partial charge in [-0.1, -0.05) is 12.1 Å². The number of sulfonamides is 1. The van der Waals surface area contributed by atoms with Crippen molar-refractivity contribution in [3.8, 4) is 17.1 Å². The van der Waals surface area contributed by atoms with Crippen molar-refractivity contribution in [2.75, 3.05) is 50.5 Å². The summed E-state index contributed by atoms with van der Waals surface area (Å²) in [6.07, 6.45) is 4.41. The summed E-state index contributed by atoms with van der Waals surface area (Å²) in [6.45, 7) is 6.95. The van der Waals surface area contributed by atoms with Gasteiger partial charge in [0.25, 0.3) is 0 Å². The van der Waals surface area contributed by atoms with Crippen LogP contribution in [0.4, 0.5) is 5.69 Å². The summed E-state index contributed by atoms with van der Waals surface area (Å²) in [5, 5.41) is 0. The van der Waals surface area contributed by atoms with Crippen LogP contribution in [0.1, 0.15) is 13.8 Å². The van der Waals surface area contributed by atoms with E-state index >= 15 is 0 Å². The van der Waals surface area contributed by atoms with Crippen LogP contribution in [0.15, 0.2) is 42.7 Å². The zero-order chi connectivity index (χ0) is 25.3. The Morgan fingerprint density at radius 2 is 1.78 bits per heavy atom. The van der Waals surface area contributed by atoms with Crippen LogP contribution in [0.2, 0.25) is 0 Å². The average molecular weight is 514 g/mol. The topological polar surface area (TPSA) is 107 Å². The largest absolute Gasteiger partial charge is 0.473 e. The number of fused-ring (bicyclic) bond motifs is 1. The molecular weight excluding hydrogens is 482 g/mol. The molecule has 0 radical (unpaired) electrons. The van der Waals surface area contributed by atoms with Gasteiger partial charge in [-0.05, 0) is 32.0 Å². The van der Waals surface area contributed by atoms with Gasteiger partial charge in [0.1, 0.15) is 12.7 Å². The first-order chi connectivity index (χ1) is 17.3. The predicted molar refractivity (Wildman–Crippen MR) is 137 cm³/mol. The molecule has 36 heavy (non-hydrogen) atoms. The van der Waals surface area contributed by atoms with Crippen molar-refractivity contribution >= 4 is 26.7 Å². The number of hydrogen-bond donors (Lipinski definition) is 0. The number of hydrogen-bond acceptors (Lipinski definition) is 9. The minimum Gasteiger partial charge on any atom is -0.473 e. The highest BCUT2D eigenvalue weighted by atomic mass is 32.2. The van der Waals surface area contributed by atoms with Crippen molar-refractivity contribution in [2.24, 2.45) is 0 Å². The molecule has 10 nitrogen and oxygen atoms in total. The van der Waals surface area contributed by atoms with Crippen molar-refractivity contribution in [3.63, 3.8) is 0 Å². The Balaban J connectivity index is 1.37. The van der Waals surface area contributed by atoms with Gasteiger partial charge in [-0.25, -0.2) is 18.4 Å². The number of rotatable bonds is 6. The second kappa shape index (κ2) is 10.3. The Morgan fingerprint density at radius 1 is 1.06 bits per heavy atom. The van der Waals surface area contributed by atoms with E-state index in [-0.39, 0.29) is 25.4 Å². The van der Waals surface area contributed by atoms with Gasteiger partial charge < -0.3 is 19.1 Å². The van der Waals surface area contributed by atoms with E-state index in [0.29, 0.717) is 30.1 Å². The van der Waals surface area contributed by atoms with Gasteiger partial charge in [-0.3, -0.25) is 4.98 Å². The first-order valence-corrected chi connectivity index (χ1v) is 13.9. The molecule has 0 spiro atoms. The summed E-state index contributed by atoms with van der Waals surface area (Å²) in [5.41, 5.74) is 4.01. The quantitative estimate of drug-likeness (QED) is 0.491. The number of aromatic nitrogens is 3. The number of ether oxygens (including phenoxy) is 3. The van der Waals surface area contributed by atoms with Crippen molar-refractivity contribution in [3.05, 3.63) is 42.7 Å². The fourth-order valence-corrected chi connectivity index (χ4v) is 5.53. The molecule has 2 saturated heterocycles. The van der Waals surface area contributed by atoms with Gasteiger partial charge in [-0.15, -0.1) is 0 Å². The fourth-order valence-electron chi connectivity index (χ4n) is 4.69. The van der Waals surface area contributed by atoms with E-state index in [0.717, 1.165) is 30.0 Å². The third-order valence-corrected chi connectivity index (χ3v) is 7.62. The van der Waals surface area contributed by atoms with Crippen LogP contribution in [0.3, 0.4) is 0 Å². The van der Waals surface area contributed by atoms with Crippen LogP contribution in [0.5, 0.6) is 5.88 Å². The van der Waals surface area contributed by atoms with Crippen LogP contribution in [0, 0.1) is 0 Å². The standard InChI is InChI=1S/C25H31N5O5S/c1-17-13-29(14-18(2)35-17)20-6-4-19(5-7-20)22-12-23-24(27-9-8-26-23)25(28-22)34-16-21-15-30(10-11-33-21)36(3,31)32/h4-9,12,17-18,21H,10-11,13-16H2,1-3H3/t17-,18+,21-/m0/s1. The number of anilines is 1. The molecule has 0 saturated carbocycles. The second-order valence-electron chi connectivity index (χ2n) is 9.37. The third kappa shape index (κ3) is 5.59. The monoisotopic (exact) mass is 513 g/mol. The first kappa shape index (κ1) is 24.8. The maximum Gasteiger partial charge on any atom is 0.242 e. The number of nitrogens with zero attached hydrogens (tertiary/aromatic N) is 5. The molecule has 11 heteroatoms. The molecule has 3 aromatic rings. The average Bonchev–Trinajstić information content (AvgIpc) is 2.86. The maximum atomic E-state index is 11.9. The van der Waals surface area contributed by atoms with Gasteiger partial charge in [-0.2, -0.15) is 4.31 Å². The maximum absolute atomic E-state index is 11.9. The first-order valence-electron chi connectivity index (χ1n) is 12.1. The molecule has 2 aliphatic rings. The second-order valence-corrected chi connectivity index (χ2v) is 11.4. The molecule has 1 aromatic carbocycles. The molecule has 0 aliphatic carbocycles. The van der Waals surface area contributed by atoms with E-state index in [1.807, 2.05) is 18.2 Å². The Hall–Kier alpha value is -2.86. The number of morpholine rings is 2. The molecule has 2 fully saturated rings. The van der Waals surface area contributed by atoms with Gasteiger partial charge in [0, 0.05) is 49.8 Å². The summed E-state index contributed by atoms with van der Waals surface area (Å²) >= 11 is 0. The predicted octanol–water partition coefficient (Wildman–Crippen LogP) is 2.34. The minimum absolute atomic E-state index is 0.153. The summed E-state index contributed by atoms with van der Waals surface area (Å²) in [7, 11) is -3.29. The Bertz CT molecular complexity index is 1310. The molecule has 5 rings (SSSR count). The van der Waals surface area contributed by atoms with E-state index < -0.39 is 16.1 Å². The fraction of sp³-hybridized carbons (Fsp3) is 0.480. The van der Waals surface area contributed by atoms with E-state index in [2.05, 4.69) is 40.8 Å². The van der Waals surface area contributed by atoms with E-state index in [1.54, 1.807) is 12.4 Å². The molecule has 0 bridgehead atoms. The molecule has 3 atom stereocenters. The van der Waals surface area contributed by atoms with Gasteiger partial charge in [0.2, 0.25) is 15.9 Å². The van der Waals surface area contributed by atoms with Gasteiger partial charge >= 0.3 is 0 Å². The normalized spacial score (nSPS) is 23.6. The Labute approximate surface area is 211 Å². The molecule has 2 aromatic heterocycles. The highest BCUT2D eigenvalue weighted by Gasteiger charge is 2.27. The van der Waals surface area contributed by atoms with Crippen LogP contribution in [-0.2, 0) is 19.5 Å². The SMILES string of the molecule is C[C@@H]1CN(c2ccc(-c3cc4nccnc4c(OC[C@@H]4CN(S(C)(=O)=O)CCO4)n3)cc2)C[C@H](C)O1. The summed E-state index contributed by atoms with van der Waals surface area (Å²) in [6, 6.07) is 10.2. The zero-order valence-corrected chi connectivity index (χ0v) is 21.5. The lowest BCUT2D eigenvalue weighted by Crippen LogP contribution is -2.47. The van der Waals surface area contributed by atoms with E-state index in [4.69, 9.17) is 19.2 Å². The third-order valence-electron chi connectivity index (χ3n) is 6.35. The van der Waals surface area contributed by atoms with Gasteiger partial charge in [0.05, 0.1) is 36.3 Å². The molecule has 0 unspecified atom stereocenters. The molecule has 2 aliphatic heterocycles. The van der Waals surface area contributed by atoms with Crippen LogP contribution in [-0.4, -0.2) is 91.6 Å². The van der Waals surface area contributed by atoms with Crippen LogP contribution in [0.25, 0.3) is 22.3 Å². The van der Waals surface area contributed by atoms with Crippen LogP contribution < -0.4 is 9.64 Å². The molecule has 0 N–H and O–H groups in total. The highest BCUT2D eigenvalue weighted by Crippen LogP contribution is 2.29. The minimum atomic E-state index is -3.29. The van der Waals surface area contributed by atoms with Crippen molar-refractivity contribution in [2.45, 2.75) is 32.2 Å². The molecular formula is C25H31N5O5S. The van der Waals surface area contributed by atoms with E-state index in [1.165, 1.54) is 10.6 Å². The van der Waals surface area contributed by atoms with Crippen molar-refractivity contribution in [1.29, 1.82) is 0 Å². The summed E-state index contributed by atoms with van der Waals surface area (Å²) < 4.78 is 42.9.